The Morgan fingerprint density at radius 1 is 1.00 bits per heavy atom. The van der Waals surface area contributed by atoms with E-state index in [1.807, 2.05) is 6.07 Å². The highest BCUT2D eigenvalue weighted by Gasteiger charge is 2.15. The van der Waals surface area contributed by atoms with Gasteiger partial charge in [0.15, 0.2) is 0 Å². The Morgan fingerprint density at radius 3 is 2.17 bits per heavy atom. The van der Waals surface area contributed by atoms with Crippen molar-refractivity contribution in [1.82, 2.24) is 4.98 Å². The maximum atomic E-state index is 13.1. The molecule has 0 unspecified atom stereocenters. The van der Waals surface area contributed by atoms with Gasteiger partial charge in [-0.25, -0.2) is 4.39 Å². The predicted molar refractivity (Wildman–Crippen MR) is 93.5 cm³/mol. The summed E-state index contributed by atoms with van der Waals surface area (Å²) in [4.78, 5) is 3.27. The molecule has 0 radical (unpaired) electrons. The van der Waals surface area contributed by atoms with Crippen molar-refractivity contribution in [3.05, 3.63) is 65.0 Å². The third kappa shape index (κ3) is 3.28. The van der Waals surface area contributed by atoms with Crippen LogP contribution < -0.4 is 0 Å². The van der Waals surface area contributed by atoms with Crippen LogP contribution in [-0.2, 0) is 14.3 Å². The van der Waals surface area contributed by atoms with Crippen LogP contribution in [0.2, 0.25) is 0 Å². The van der Waals surface area contributed by atoms with Crippen molar-refractivity contribution in [1.29, 1.82) is 0 Å². The second-order valence-electron chi connectivity index (χ2n) is 5.06. The monoisotopic (exact) mass is 409 g/mol. The lowest BCUT2D eigenvalue weighted by Gasteiger charge is -2.06. The highest BCUT2D eigenvalue weighted by Crippen LogP contribution is 2.34. The van der Waals surface area contributed by atoms with E-state index in [4.69, 9.17) is 0 Å². The molecular formula is C17H13BrFNO3S. The van der Waals surface area contributed by atoms with E-state index < -0.39 is 10.1 Å². The van der Waals surface area contributed by atoms with Gasteiger partial charge in [-0.15, -0.1) is 0 Å². The van der Waals surface area contributed by atoms with E-state index in [-0.39, 0.29) is 10.7 Å². The SMILES string of the molecule is COS(=O)(=O)c1ccc(-c2[nH]c(Br)cc2-c2ccc(F)cc2)cc1. The zero-order chi connectivity index (χ0) is 17.3. The predicted octanol–water partition coefficient (Wildman–Crippen LogP) is 4.59. The number of halogens is 2. The molecule has 0 bridgehead atoms. The molecule has 4 nitrogen and oxygen atoms in total. The van der Waals surface area contributed by atoms with Gasteiger partial charge in [0.05, 0.1) is 22.3 Å². The van der Waals surface area contributed by atoms with Crippen LogP contribution in [0, 0.1) is 5.82 Å². The number of rotatable bonds is 4. The third-order valence-electron chi connectivity index (χ3n) is 3.59. The largest absolute Gasteiger partial charge is 0.349 e. The van der Waals surface area contributed by atoms with Crippen LogP contribution in [0.15, 0.2) is 64.1 Å². The summed E-state index contributed by atoms with van der Waals surface area (Å²) in [6.45, 7) is 0. The van der Waals surface area contributed by atoms with Gasteiger partial charge < -0.3 is 4.98 Å². The molecule has 3 rings (SSSR count). The Labute approximate surface area is 147 Å². The average Bonchev–Trinajstić information content (AvgIpc) is 2.97. The summed E-state index contributed by atoms with van der Waals surface area (Å²) >= 11 is 3.40. The van der Waals surface area contributed by atoms with E-state index >= 15 is 0 Å². The number of aromatic nitrogens is 1. The Bertz CT molecular complexity index is 964. The van der Waals surface area contributed by atoms with Gasteiger partial charge in [0.2, 0.25) is 0 Å². The summed E-state index contributed by atoms with van der Waals surface area (Å²) in [5, 5.41) is 0. The Kier molecular flexibility index (Phi) is 4.58. The Hall–Kier alpha value is -1.96. The number of hydrogen-bond donors (Lipinski definition) is 1. The minimum Gasteiger partial charge on any atom is -0.349 e. The molecule has 0 aliphatic carbocycles. The lowest BCUT2D eigenvalue weighted by molar-refractivity contribution is 0.398. The van der Waals surface area contributed by atoms with E-state index in [1.165, 1.54) is 24.3 Å². The number of aromatic amines is 1. The topological polar surface area (TPSA) is 59.2 Å². The molecule has 3 aromatic rings. The zero-order valence-electron chi connectivity index (χ0n) is 12.6. The molecule has 0 saturated carbocycles. The molecular weight excluding hydrogens is 397 g/mol. The van der Waals surface area contributed by atoms with Crippen LogP contribution in [0.5, 0.6) is 0 Å². The van der Waals surface area contributed by atoms with Crippen molar-refractivity contribution in [2.75, 3.05) is 7.11 Å². The first-order chi connectivity index (χ1) is 11.4. The molecule has 0 atom stereocenters. The van der Waals surface area contributed by atoms with Gasteiger partial charge in [0, 0.05) is 5.56 Å². The lowest BCUT2D eigenvalue weighted by Crippen LogP contribution is -2.02. The van der Waals surface area contributed by atoms with Crippen molar-refractivity contribution in [2.45, 2.75) is 4.90 Å². The molecule has 0 amide bonds. The van der Waals surface area contributed by atoms with Crippen molar-refractivity contribution >= 4 is 26.0 Å². The molecule has 1 heterocycles. The van der Waals surface area contributed by atoms with Crippen LogP contribution in [0.3, 0.4) is 0 Å². The van der Waals surface area contributed by atoms with E-state index in [0.29, 0.717) is 0 Å². The third-order valence-corrected chi connectivity index (χ3v) is 5.31. The molecule has 0 saturated heterocycles. The maximum Gasteiger partial charge on any atom is 0.296 e. The molecule has 7 heteroatoms. The van der Waals surface area contributed by atoms with E-state index in [0.717, 1.165) is 34.1 Å². The second-order valence-corrected chi connectivity index (χ2v) is 7.63. The fourth-order valence-corrected chi connectivity index (χ4v) is 3.48. The lowest BCUT2D eigenvalue weighted by atomic mass is 10.0. The Balaban J connectivity index is 2.06. The fourth-order valence-electron chi connectivity index (χ4n) is 2.39. The van der Waals surface area contributed by atoms with Crippen molar-refractivity contribution in [3.63, 3.8) is 0 Å². The first-order valence-corrected chi connectivity index (χ1v) is 9.16. The van der Waals surface area contributed by atoms with Crippen LogP contribution in [-0.4, -0.2) is 20.5 Å². The quantitative estimate of drug-likeness (QED) is 0.641. The van der Waals surface area contributed by atoms with Gasteiger partial charge in [0.25, 0.3) is 10.1 Å². The van der Waals surface area contributed by atoms with Gasteiger partial charge in [-0.05, 0) is 57.4 Å². The highest BCUT2D eigenvalue weighted by atomic mass is 79.9. The van der Waals surface area contributed by atoms with Crippen LogP contribution in [0.1, 0.15) is 0 Å². The smallest absolute Gasteiger partial charge is 0.296 e. The first-order valence-electron chi connectivity index (χ1n) is 6.96. The van der Waals surface area contributed by atoms with Gasteiger partial charge >= 0.3 is 0 Å². The Morgan fingerprint density at radius 2 is 1.58 bits per heavy atom. The molecule has 0 fully saturated rings. The molecule has 124 valence electrons. The van der Waals surface area contributed by atoms with Gasteiger partial charge in [0.1, 0.15) is 5.82 Å². The molecule has 0 aliphatic heterocycles. The minimum absolute atomic E-state index is 0.0858. The number of nitrogens with one attached hydrogen (secondary N) is 1. The zero-order valence-corrected chi connectivity index (χ0v) is 15.0. The van der Waals surface area contributed by atoms with Crippen molar-refractivity contribution in [2.24, 2.45) is 0 Å². The summed E-state index contributed by atoms with van der Waals surface area (Å²) in [5.41, 5.74) is 3.33. The van der Waals surface area contributed by atoms with E-state index in [2.05, 4.69) is 25.1 Å². The standard InChI is InChI=1S/C17H13BrFNO3S/c1-23-24(21,22)14-8-4-12(5-9-14)17-15(10-16(18)20-17)11-2-6-13(19)7-3-11/h2-10,20H,1H3. The summed E-state index contributed by atoms with van der Waals surface area (Å²) in [5.74, 6) is -0.302. The van der Waals surface area contributed by atoms with Crippen molar-refractivity contribution < 1.29 is 17.0 Å². The maximum absolute atomic E-state index is 13.1. The number of hydrogen-bond acceptors (Lipinski definition) is 3. The molecule has 2 aromatic carbocycles. The second kappa shape index (κ2) is 6.51. The molecule has 1 N–H and O–H groups in total. The van der Waals surface area contributed by atoms with Crippen LogP contribution in [0.4, 0.5) is 4.39 Å². The summed E-state index contributed by atoms with van der Waals surface area (Å²) in [6.07, 6.45) is 0. The van der Waals surface area contributed by atoms with E-state index in [1.54, 1.807) is 24.3 Å². The van der Waals surface area contributed by atoms with Crippen LogP contribution >= 0.6 is 15.9 Å². The normalized spacial score (nSPS) is 11.6. The molecule has 0 aliphatic rings. The molecule has 0 spiro atoms. The highest BCUT2D eigenvalue weighted by molar-refractivity contribution is 9.10. The van der Waals surface area contributed by atoms with Gasteiger partial charge in [-0.3, -0.25) is 4.18 Å². The van der Waals surface area contributed by atoms with E-state index in [9.17, 15) is 12.8 Å². The van der Waals surface area contributed by atoms with Crippen molar-refractivity contribution in [3.8, 4) is 22.4 Å². The summed E-state index contributed by atoms with van der Waals surface area (Å²) in [7, 11) is -2.60. The number of H-pyrrole nitrogens is 1. The average molecular weight is 410 g/mol. The van der Waals surface area contributed by atoms with Crippen LogP contribution in [0.25, 0.3) is 22.4 Å². The fraction of sp³-hybridized carbons (Fsp3) is 0.0588. The molecule has 1 aromatic heterocycles. The van der Waals surface area contributed by atoms with Gasteiger partial charge in [-0.1, -0.05) is 24.3 Å². The first kappa shape index (κ1) is 16.9. The van der Waals surface area contributed by atoms with Gasteiger partial charge in [-0.2, -0.15) is 8.42 Å². The molecule has 24 heavy (non-hydrogen) atoms. The number of benzene rings is 2. The summed E-state index contributed by atoms with van der Waals surface area (Å²) in [6, 6.07) is 14.4. The summed E-state index contributed by atoms with van der Waals surface area (Å²) < 4.78 is 41.8. The minimum atomic E-state index is -3.72.